The van der Waals surface area contributed by atoms with Crippen molar-refractivity contribution in [3.05, 3.63) is 133 Å². The Hall–Kier alpha value is -4.77. The lowest BCUT2D eigenvalue weighted by Crippen LogP contribution is -2.05. The summed E-state index contributed by atoms with van der Waals surface area (Å²) in [4.78, 5) is 8.79. The van der Waals surface area contributed by atoms with Crippen LogP contribution in [0.25, 0.3) is 55.4 Å². The minimum absolute atomic E-state index is 0.551. The van der Waals surface area contributed by atoms with Crippen LogP contribution < -0.4 is 0 Å². The molecule has 0 bridgehead atoms. The molecule has 0 unspecified atom stereocenters. The largest absolute Gasteiger partial charge is 0.416 e. The van der Waals surface area contributed by atoms with Crippen LogP contribution >= 0.6 is 0 Å². The summed E-state index contributed by atoms with van der Waals surface area (Å²) < 4.78 is 39.8. The molecule has 2 nitrogen and oxygen atoms in total. The Bertz CT molecular complexity index is 1770. The quantitative estimate of drug-likeness (QED) is 0.233. The summed E-state index contributed by atoms with van der Waals surface area (Å²) in [5.74, 6) is 0. The van der Waals surface area contributed by atoms with Crippen LogP contribution in [0.4, 0.5) is 13.2 Å². The molecular weight excluding hydrogens is 493 g/mol. The van der Waals surface area contributed by atoms with E-state index >= 15 is 0 Å². The van der Waals surface area contributed by atoms with Crippen molar-refractivity contribution in [1.29, 1.82) is 0 Å². The number of alkyl halides is 3. The van der Waals surface area contributed by atoms with Crippen molar-refractivity contribution in [2.75, 3.05) is 0 Å². The lowest BCUT2D eigenvalue weighted by molar-refractivity contribution is -0.137. The van der Waals surface area contributed by atoms with E-state index in [2.05, 4.69) is 41.4 Å². The predicted molar refractivity (Wildman–Crippen MR) is 151 cm³/mol. The van der Waals surface area contributed by atoms with Crippen LogP contribution in [0.5, 0.6) is 0 Å². The highest BCUT2D eigenvalue weighted by atomic mass is 19.4. The molecule has 0 amide bonds. The first-order chi connectivity index (χ1) is 18.8. The van der Waals surface area contributed by atoms with Gasteiger partial charge in [-0.05, 0) is 87.8 Å². The molecule has 4 aromatic carbocycles. The average molecular weight is 517 g/mol. The summed E-state index contributed by atoms with van der Waals surface area (Å²) in [6.07, 6.45) is 1.08. The topological polar surface area (TPSA) is 25.8 Å². The molecule has 0 aliphatic carbocycles. The van der Waals surface area contributed by atoms with Crippen molar-refractivity contribution in [3.63, 3.8) is 0 Å². The van der Waals surface area contributed by atoms with E-state index in [1.807, 2.05) is 54.7 Å². The molecule has 190 valence electrons. The summed E-state index contributed by atoms with van der Waals surface area (Å²) >= 11 is 0. The first-order valence-corrected chi connectivity index (χ1v) is 12.5. The van der Waals surface area contributed by atoms with Crippen molar-refractivity contribution < 1.29 is 13.2 Å². The molecule has 0 atom stereocenters. The van der Waals surface area contributed by atoms with Crippen LogP contribution in [0, 0.1) is 6.92 Å². The molecule has 6 aromatic rings. The van der Waals surface area contributed by atoms with Gasteiger partial charge in [0.1, 0.15) is 0 Å². The van der Waals surface area contributed by atoms with Crippen molar-refractivity contribution in [1.82, 2.24) is 9.97 Å². The summed E-state index contributed by atoms with van der Waals surface area (Å²) in [5.41, 5.74) is 8.47. The predicted octanol–water partition coefficient (Wildman–Crippen LogP) is 9.63. The van der Waals surface area contributed by atoms with E-state index in [4.69, 9.17) is 4.98 Å². The number of rotatable bonds is 4. The van der Waals surface area contributed by atoms with E-state index in [1.165, 1.54) is 12.1 Å². The Kier molecular flexibility index (Phi) is 6.20. The molecule has 5 heteroatoms. The number of fused-ring (bicyclic) bond motifs is 1. The minimum Gasteiger partial charge on any atom is -0.265 e. The van der Waals surface area contributed by atoms with Crippen LogP contribution in [0.15, 0.2) is 122 Å². The molecular formula is C34H23F3N2. The Morgan fingerprint density at radius 3 is 1.69 bits per heavy atom. The highest BCUT2D eigenvalue weighted by molar-refractivity contribution is 5.88. The number of nitrogens with zero attached hydrogens (tertiary/aromatic N) is 2. The highest BCUT2D eigenvalue weighted by Gasteiger charge is 2.31. The number of hydrogen-bond donors (Lipinski definition) is 0. The number of pyridine rings is 2. The lowest BCUT2D eigenvalue weighted by atomic mass is 9.96. The normalized spacial score (nSPS) is 11.6. The van der Waals surface area contributed by atoms with Gasteiger partial charge in [0, 0.05) is 29.5 Å². The fraction of sp³-hybridized carbons (Fsp3) is 0.0588. The zero-order valence-electron chi connectivity index (χ0n) is 21.1. The van der Waals surface area contributed by atoms with Crippen molar-refractivity contribution in [2.24, 2.45) is 0 Å². The van der Waals surface area contributed by atoms with Gasteiger partial charge in [0.25, 0.3) is 0 Å². The number of benzene rings is 4. The fourth-order valence-corrected chi connectivity index (χ4v) is 4.83. The molecule has 0 radical (unpaired) electrons. The minimum atomic E-state index is -4.37. The summed E-state index contributed by atoms with van der Waals surface area (Å²) in [6.45, 7) is 1.68. The number of aryl methyl sites for hydroxylation is 1. The average Bonchev–Trinajstić information content (AvgIpc) is 2.96. The molecule has 39 heavy (non-hydrogen) atoms. The Balaban J connectivity index is 1.25. The van der Waals surface area contributed by atoms with Crippen LogP contribution in [-0.2, 0) is 6.18 Å². The molecule has 0 spiro atoms. The Labute approximate surface area is 224 Å². The van der Waals surface area contributed by atoms with Gasteiger partial charge in [0.2, 0.25) is 0 Å². The van der Waals surface area contributed by atoms with Gasteiger partial charge in [-0.15, -0.1) is 0 Å². The Morgan fingerprint density at radius 2 is 1.05 bits per heavy atom. The zero-order valence-corrected chi connectivity index (χ0v) is 21.1. The van der Waals surface area contributed by atoms with Crippen molar-refractivity contribution >= 4 is 10.9 Å². The molecule has 6 rings (SSSR count). The lowest BCUT2D eigenvalue weighted by Gasteiger charge is -2.11. The molecule has 0 N–H and O–H groups in total. The van der Waals surface area contributed by atoms with Crippen molar-refractivity contribution in [3.8, 4) is 44.5 Å². The third-order valence-corrected chi connectivity index (χ3v) is 6.87. The molecule has 0 fully saturated rings. The maximum atomic E-state index is 13.3. The molecule has 2 heterocycles. The molecule has 2 aromatic heterocycles. The van der Waals surface area contributed by atoms with E-state index in [-0.39, 0.29) is 0 Å². The molecule has 0 aliphatic heterocycles. The van der Waals surface area contributed by atoms with E-state index in [0.717, 1.165) is 49.8 Å². The van der Waals surface area contributed by atoms with Crippen LogP contribution in [0.3, 0.4) is 0 Å². The SMILES string of the molecule is Cc1cc(-c2ccc(-c3ccc4cc(-c5ccc(-c6ccncc6)cc5)cnc4c3)cc2)cc(C(F)(F)F)c1. The second kappa shape index (κ2) is 9.84. The first kappa shape index (κ1) is 24.6. The fourth-order valence-electron chi connectivity index (χ4n) is 4.83. The van der Waals surface area contributed by atoms with Crippen molar-refractivity contribution in [2.45, 2.75) is 13.1 Å². The zero-order chi connectivity index (χ0) is 27.0. The first-order valence-electron chi connectivity index (χ1n) is 12.5. The smallest absolute Gasteiger partial charge is 0.265 e. The second-order valence-electron chi connectivity index (χ2n) is 9.61. The van der Waals surface area contributed by atoms with Gasteiger partial charge in [-0.2, -0.15) is 13.2 Å². The van der Waals surface area contributed by atoms with Gasteiger partial charge in [0.05, 0.1) is 11.1 Å². The molecule has 0 saturated heterocycles. The second-order valence-corrected chi connectivity index (χ2v) is 9.61. The number of hydrogen-bond acceptors (Lipinski definition) is 2. The Morgan fingerprint density at radius 1 is 0.513 bits per heavy atom. The summed E-state index contributed by atoms with van der Waals surface area (Å²) in [6, 6.07) is 32.4. The monoisotopic (exact) mass is 516 g/mol. The van der Waals surface area contributed by atoms with Crippen LogP contribution in [-0.4, -0.2) is 9.97 Å². The summed E-state index contributed by atoms with van der Waals surface area (Å²) in [7, 11) is 0. The maximum absolute atomic E-state index is 13.3. The van der Waals surface area contributed by atoms with Gasteiger partial charge in [-0.3, -0.25) is 9.97 Å². The third kappa shape index (κ3) is 5.16. The standard InChI is InChI=1S/C34H23F3N2/c1-22-16-30(19-32(17-22)34(35,36)37)25-6-4-24(5-7-25)28-10-11-29-18-31(21-39-33(29)20-28)26-8-2-23(3-9-26)27-12-14-38-15-13-27/h2-21H,1H3. The van der Waals surface area contributed by atoms with Crippen LogP contribution in [0.2, 0.25) is 0 Å². The van der Waals surface area contributed by atoms with Crippen LogP contribution in [0.1, 0.15) is 11.1 Å². The molecule has 0 aliphatic rings. The molecule has 0 saturated carbocycles. The van der Waals surface area contributed by atoms with Gasteiger partial charge in [-0.1, -0.05) is 66.7 Å². The van der Waals surface area contributed by atoms with E-state index < -0.39 is 11.7 Å². The number of aromatic nitrogens is 2. The van der Waals surface area contributed by atoms with Gasteiger partial charge in [0.15, 0.2) is 0 Å². The van der Waals surface area contributed by atoms with E-state index in [0.29, 0.717) is 11.1 Å². The van der Waals surface area contributed by atoms with E-state index in [9.17, 15) is 13.2 Å². The van der Waals surface area contributed by atoms with E-state index in [1.54, 1.807) is 25.4 Å². The maximum Gasteiger partial charge on any atom is 0.416 e. The van der Waals surface area contributed by atoms with Gasteiger partial charge < -0.3 is 0 Å². The number of halogens is 3. The van der Waals surface area contributed by atoms with Gasteiger partial charge in [-0.25, -0.2) is 0 Å². The third-order valence-electron chi connectivity index (χ3n) is 6.87. The van der Waals surface area contributed by atoms with Gasteiger partial charge >= 0.3 is 6.18 Å². The highest BCUT2D eigenvalue weighted by Crippen LogP contribution is 2.34. The summed E-state index contributed by atoms with van der Waals surface area (Å²) in [5, 5.41) is 1.03.